The van der Waals surface area contributed by atoms with Crippen molar-refractivity contribution in [2.75, 3.05) is 6.54 Å². The molecule has 1 fully saturated rings. The van der Waals surface area contributed by atoms with E-state index in [2.05, 4.69) is 15.3 Å². The first kappa shape index (κ1) is 13.8. The average molecular weight is 284 g/mol. The molecular weight excluding hydrogens is 264 g/mol. The van der Waals surface area contributed by atoms with Crippen molar-refractivity contribution in [3.05, 3.63) is 36.8 Å². The van der Waals surface area contributed by atoms with Gasteiger partial charge < -0.3 is 9.88 Å². The Kier molecular flexibility index (Phi) is 4.28. The SMILES string of the molecule is O=C(NCCn1ccnc1-c1ccccn1)C1CCCC1. The zero-order valence-corrected chi connectivity index (χ0v) is 12.0. The van der Waals surface area contributed by atoms with Crippen molar-refractivity contribution in [1.29, 1.82) is 0 Å². The fourth-order valence-electron chi connectivity index (χ4n) is 2.85. The van der Waals surface area contributed by atoms with E-state index >= 15 is 0 Å². The molecule has 0 atom stereocenters. The first-order valence-electron chi connectivity index (χ1n) is 7.55. The Bertz CT molecular complexity index is 587. The number of amides is 1. The van der Waals surface area contributed by atoms with E-state index < -0.39 is 0 Å². The summed E-state index contributed by atoms with van der Waals surface area (Å²) in [5, 5.41) is 3.03. The van der Waals surface area contributed by atoms with Crippen LogP contribution < -0.4 is 5.32 Å². The summed E-state index contributed by atoms with van der Waals surface area (Å²) in [7, 11) is 0. The Hall–Kier alpha value is -2.17. The smallest absolute Gasteiger partial charge is 0.223 e. The van der Waals surface area contributed by atoms with Gasteiger partial charge in [-0.05, 0) is 25.0 Å². The largest absolute Gasteiger partial charge is 0.354 e. The predicted octanol–water partition coefficient (Wildman–Crippen LogP) is 2.25. The maximum atomic E-state index is 12.0. The quantitative estimate of drug-likeness (QED) is 0.916. The van der Waals surface area contributed by atoms with Crippen molar-refractivity contribution in [1.82, 2.24) is 19.9 Å². The molecule has 2 aromatic heterocycles. The number of hydrogen-bond donors (Lipinski definition) is 1. The Morgan fingerprint density at radius 1 is 1.24 bits per heavy atom. The van der Waals surface area contributed by atoms with Crippen LogP contribution in [0.2, 0.25) is 0 Å². The van der Waals surface area contributed by atoms with Crippen LogP contribution in [0.15, 0.2) is 36.8 Å². The minimum absolute atomic E-state index is 0.201. The van der Waals surface area contributed by atoms with Crippen LogP contribution in [0, 0.1) is 5.92 Å². The molecule has 1 amide bonds. The van der Waals surface area contributed by atoms with Crippen molar-refractivity contribution in [2.24, 2.45) is 5.92 Å². The normalized spacial score (nSPS) is 15.2. The lowest BCUT2D eigenvalue weighted by atomic mass is 10.1. The molecule has 1 aliphatic carbocycles. The topological polar surface area (TPSA) is 59.8 Å². The third-order valence-corrected chi connectivity index (χ3v) is 3.99. The molecule has 1 aliphatic rings. The number of hydrogen-bond acceptors (Lipinski definition) is 3. The highest BCUT2D eigenvalue weighted by atomic mass is 16.1. The molecule has 0 unspecified atom stereocenters. The molecule has 1 saturated carbocycles. The standard InChI is InChI=1S/C16H20N4O/c21-16(13-5-1-2-6-13)19-10-12-20-11-9-18-15(20)14-7-3-4-8-17-14/h3-4,7-9,11,13H,1-2,5-6,10,12H2,(H,19,21). The van der Waals surface area contributed by atoms with Gasteiger partial charge in [0.2, 0.25) is 5.91 Å². The third kappa shape index (κ3) is 3.29. The number of carbonyl (C=O) groups is 1. The molecular formula is C16H20N4O. The molecule has 0 saturated heterocycles. The highest BCUT2D eigenvalue weighted by molar-refractivity contribution is 5.78. The van der Waals surface area contributed by atoms with E-state index in [9.17, 15) is 4.79 Å². The maximum absolute atomic E-state index is 12.0. The number of nitrogens with zero attached hydrogens (tertiary/aromatic N) is 3. The molecule has 5 nitrogen and oxygen atoms in total. The van der Waals surface area contributed by atoms with Crippen LogP contribution in [0.3, 0.4) is 0 Å². The zero-order valence-electron chi connectivity index (χ0n) is 12.0. The van der Waals surface area contributed by atoms with Crippen LogP contribution in [0.1, 0.15) is 25.7 Å². The monoisotopic (exact) mass is 284 g/mol. The van der Waals surface area contributed by atoms with Gasteiger partial charge in [0.25, 0.3) is 0 Å². The molecule has 2 heterocycles. The lowest BCUT2D eigenvalue weighted by Crippen LogP contribution is -2.32. The van der Waals surface area contributed by atoms with Crippen molar-refractivity contribution >= 4 is 5.91 Å². The second kappa shape index (κ2) is 6.52. The van der Waals surface area contributed by atoms with Crippen LogP contribution in [-0.4, -0.2) is 27.0 Å². The van der Waals surface area contributed by atoms with E-state index in [-0.39, 0.29) is 11.8 Å². The van der Waals surface area contributed by atoms with E-state index in [0.717, 1.165) is 24.4 Å². The lowest BCUT2D eigenvalue weighted by molar-refractivity contribution is -0.124. The fraction of sp³-hybridized carbons (Fsp3) is 0.438. The van der Waals surface area contributed by atoms with Gasteiger partial charge in [0, 0.05) is 37.6 Å². The molecule has 110 valence electrons. The van der Waals surface area contributed by atoms with Crippen LogP contribution in [0.5, 0.6) is 0 Å². The van der Waals surface area contributed by atoms with Gasteiger partial charge in [0.05, 0.1) is 0 Å². The van der Waals surface area contributed by atoms with Gasteiger partial charge in [-0.25, -0.2) is 4.98 Å². The summed E-state index contributed by atoms with van der Waals surface area (Å²) < 4.78 is 2.03. The number of rotatable bonds is 5. The van der Waals surface area contributed by atoms with E-state index in [1.807, 2.05) is 29.0 Å². The number of pyridine rings is 1. The molecule has 2 aromatic rings. The van der Waals surface area contributed by atoms with E-state index in [4.69, 9.17) is 0 Å². The van der Waals surface area contributed by atoms with Gasteiger partial charge in [0.1, 0.15) is 5.69 Å². The van der Waals surface area contributed by atoms with Crippen molar-refractivity contribution < 1.29 is 4.79 Å². The molecule has 1 N–H and O–H groups in total. The number of carbonyl (C=O) groups excluding carboxylic acids is 1. The molecule has 3 rings (SSSR count). The molecule has 5 heteroatoms. The number of imidazole rings is 1. The Balaban J connectivity index is 1.56. The number of nitrogens with one attached hydrogen (secondary N) is 1. The average Bonchev–Trinajstić information content (AvgIpc) is 3.20. The van der Waals surface area contributed by atoms with Crippen LogP contribution >= 0.6 is 0 Å². The molecule has 0 bridgehead atoms. The summed E-state index contributed by atoms with van der Waals surface area (Å²) in [5.74, 6) is 1.26. The summed E-state index contributed by atoms with van der Waals surface area (Å²) in [6.07, 6.45) is 9.89. The van der Waals surface area contributed by atoms with Gasteiger partial charge >= 0.3 is 0 Å². The summed E-state index contributed by atoms with van der Waals surface area (Å²) in [5.41, 5.74) is 0.851. The fourth-order valence-corrected chi connectivity index (χ4v) is 2.85. The van der Waals surface area contributed by atoms with Crippen molar-refractivity contribution in [2.45, 2.75) is 32.2 Å². The van der Waals surface area contributed by atoms with Gasteiger partial charge in [-0.3, -0.25) is 9.78 Å². The highest BCUT2D eigenvalue weighted by Gasteiger charge is 2.22. The first-order valence-corrected chi connectivity index (χ1v) is 7.55. The van der Waals surface area contributed by atoms with Crippen LogP contribution in [-0.2, 0) is 11.3 Å². The zero-order chi connectivity index (χ0) is 14.5. The molecule has 0 radical (unpaired) electrons. The highest BCUT2D eigenvalue weighted by Crippen LogP contribution is 2.24. The maximum Gasteiger partial charge on any atom is 0.223 e. The number of aromatic nitrogens is 3. The lowest BCUT2D eigenvalue weighted by Gasteiger charge is -2.11. The van der Waals surface area contributed by atoms with Gasteiger partial charge in [0.15, 0.2) is 5.82 Å². The summed E-state index contributed by atoms with van der Waals surface area (Å²) in [6.45, 7) is 1.34. The Morgan fingerprint density at radius 2 is 2.10 bits per heavy atom. The van der Waals surface area contributed by atoms with E-state index in [1.54, 1.807) is 12.4 Å². The predicted molar refractivity (Wildman–Crippen MR) is 80.4 cm³/mol. The van der Waals surface area contributed by atoms with E-state index in [0.29, 0.717) is 13.1 Å². The van der Waals surface area contributed by atoms with Gasteiger partial charge in [-0.1, -0.05) is 18.9 Å². The molecule has 0 spiro atoms. The first-order chi connectivity index (χ1) is 10.3. The summed E-state index contributed by atoms with van der Waals surface area (Å²) in [6, 6.07) is 5.78. The van der Waals surface area contributed by atoms with Crippen molar-refractivity contribution in [3.8, 4) is 11.5 Å². The molecule has 0 aliphatic heterocycles. The summed E-state index contributed by atoms with van der Waals surface area (Å²) >= 11 is 0. The Labute approximate surface area is 124 Å². The second-order valence-corrected chi connectivity index (χ2v) is 5.43. The van der Waals surface area contributed by atoms with E-state index in [1.165, 1.54) is 12.8 Å². The second-order valence-electron chi connectivity index (χ2n) is 5.43. The minimum Gasteiger partial charge on any atom is -0.354 e. The van der Waals surface area contributed by atoms with Crippen LogP contribution in [0.25, 0.3) is 11.5 Å². The van der Waals surface area contributed by atoms with Gasteiger partial charge in [-0.15, -0.1) is 0 Å². The molecule has 0 aromatic carbocycles. The minimum atomic E-state index is 0.201. The Morgan fingerprint density at radius 3 is 2.86 bits per heavy atom. The van der Waals surface area contributed by atoms with Crippen molar-refractivity contribution in [3.63, 3.8) is 0 Å². The summed E-state index contributed by atoms with van der Waals surface area (Å²) in [4.78, 5) is 20.6. The third-order valence-electron chi connectivity index (χ3n) is 3.99. The molecule has 21 heavy (non-hydrogen) atoms. The van der Waals surface area contributed by atoms with Crippen LogP contribution in [0.4, 0.5) is 0 Å². The van der Waals surface area contributed by atoms with Gasteiger partial charge in [-0.2, -0.15) is 0 Å².